The molecular weight excluding hydrogens is 298 g/mol. The summed E-state index contributed by atoms with van der Waals surface area (Å²) >= 11 is 1.50. The van der Waals surface area contributed by atoms with Gasteiger partial charge in [-0.3, -0.25) is 9.59 Å². The number of carbonyl (C=O) groups excluding carboxylic acids is 2. The first-order valence-electron chi connectivity index (χ1n) is 6.98. The lowest BCUT2D eigenvalue weighted by Gasteiger charge is -2.07. The smallest absolute Gasteiger partial charge is 0.251 e. The van der Waals surface area contributed by atoms with Crippen LogP contribution in [-0.4, -0.2) is 23.3 Å². The minimum atomic E-state index is -0.243. The molecule has 22 heavy (non-hydrogen) atoms. The fourth-order valence-corrected chi connectivity index (χ4v) is 2.80. The molecule has 0 radical (unpaired) electrons. The molecule has 0 atom stereocenters. The summed E-state index contributed by atoms with van der Waals surface area (Å²) in [5, 5.41) is 8.15. The van der Waals surface area contributed by atoms with Gasteiger partial charge in [0.05, 0.1) is 13.1 Å². The van der Waals surface area contributed by atoms with Crippen LogP contribution in [0.2, 0.25) is 0 Å². The molecule has 1 heterocycles. The van der Waals surface area contributed by atoms with Crippen molar-refractivity contribution in [3.8, 4) is 0 Å². The van der Waals surface area contributed by atoms with Gasteiger partial charge < -0.3 is 10.6 Å². The lowest BCUT2D eigenvalue weighted by atomic mass is 10.1. The highest BCUT2D eigenvalue weighted by Gasteiger charge is 2.09. The van der Waals surface area contributed by atoms with E-state index in [9.17, 15) is 9.59 Å². The number of nitrogens with one attached hydrogen (secondary N) is 2. The summed E-state index contributed by atoms with van der Waals surface area (Å²) in [5.41, 5.74) is 3.56. The molecule has 2 N–H and O–H groups in total. The minimum absolute atomic E-state index is 0.0455. The number of hydrogen-bond acceptors (Lipinski definition) is 4. The van der Waals surface area contributed by atoms with Crippen LogP contribution in [0.15, 0.2) is 23.6 Å². The maximum Gasteiger partial charge on any atom is 0.251 e. The Kier molecular flexibility index (Phi) is 5.27. The van der Waals surface area contributed by atoms with E-state index in [1.54, 1.807) is 12.1 Å². The summed E-state index contributed by atoms with van der Waals surface area (Å²) in [6.45, 7) is 6.12. The van der Waals surface area contributed by atoms with Crippen LogP contribution in [0.5, 0.6) is 0 Å². The van der Waals surface area contributed by atoms with E-state index >= 15 is 0 Å². The second kappa shape index (κ2) is 7.17. The molecule has 0 aliphatic carbocycles. The summed E-state index contributed by atoms with van der Waals surface area (Å²) in [6.07, 6.45) is 0. The number of amides is 2. The first-order chi connectivity index (χ1) is 10.4. The van der Waals surface area contributed by atoms with Gasteiger partial charge in [0, 0.05) is 16.6 Å². The zero-order valence-electron chi connectivity index (χ0n) is 12.9. The third-order valence-corrected chi connectivity index (χ3v) is 3.96. The Morgan fingerprint density at radius 2 is 1.77 bits per heavy atom. The van der Waals surface area contributed by atoms with Crippen LogP contribution in [0.4, 0.5) is 0 Å². The van der Waals surface area contributed by atoms with E-state index in [2.05, 4.69) is 15.6 Å². The van der Waals surface area contributed by atoms with Crippen molar-refractivity contribution < 1.29 is 9.59 Å². The van der Waals surface area contributed by atoms with Crippen LogP contribution in [0, 0.1) is 20.8 Å². The molecule has 0 aliphatic rings. The minimum Gasteiger partial charge on any atom is -0.348 e. The molecule has 116 valence electrons. The average Bonchev–Trinajstić information content (AvgIpc) is 2.87. The Morgan fingerprint density at radius 3 is 2.36 bits per heavy atom. The van der Waals surface area contributed by atoms with Crippen molar-refractivity contribution >= 4 is 23.2 Å². The van der Waals surface area contributed by atoms with Crippen molar-refractivity contribution in [2.75, 3.05) is 6.54 Å². The van der Waals surface area contributed by atoms with Crippen LogP contribution in [0.1, 0.15) is 32.2 Å². The van der Waals surface area contributed by atoms with Crippen LogP contribution in [-0.2, 0) is 11.3 Å². The maximum atomic E-state index is 12.0. The number of benzene rings is 1. The lowest BCUT2D eigenvalue weighted by Crippen LogP contribution is -2.36. The molecule has 0 unspecified atom stereocenters. The predicted octanol–water partition coefficient (Wildman–Crippen LogP) is 2.11. The molecule has 6 heteroatoms. The van der Waals surface area contributed by atoms with Gasteiger partial charge in [-0.2, -0.15) is 0 Å². The van der Waals surface area contributed by atoms with Crippen LogP contribution >= 0.6 is 11.3 Å². The zero-order chi connectivity index (χ0) is 16.1. The molecule has 0 aliphatic heterocycles. The highest BCUT2D eigenvalue weighted by atomic mass is 32.1. The van der Waals surface area contributed by atoms with Gasteiger partial charge in [0.1, 0.15) is 5.01 Å². The molecule has 5 nitrogen and oxygen atoms in total. The van der Waals surface area contributed by atoms with Gasteiger partial charge in [-0.05, 0) is 32.9 Å². The Balaban J connectivity index is 1.81. The fourth-order valence-electron chi connectivity index (χ4n) is 2.09. The standard InChI is InChI=1S/C16H19N3O2S/c1-10-4-11(2)6-13(5-10)16(21)18-7-14(20)17-8-15-19-12(3)9-22-15/h4-6,9H,7-8H2,1-3H3,(H,17,20)(H,18,21). The SMILES string of the molecule is Cc1cc(C)cc(C(=O)NCC(=O)NCc2nc(C)cs2)c1. The molecule has 0 fully saturated rings. The number of nitrogens with zero attached hydrogens (tertiary/aromatic N) is 1. The maximum absolute atomic E-state index is 12.0. The Hall–Kier alpha value is -2.21. The van der Waals surface area contributed by atoms with Gasteiger partial charge in [0.2, 0.25) is 5.91 Å². The van der Waals surface area contributed by atoms with Gasteiger partial charge in [-0.25, -0.2) is 4.98 Å². The number of aromatic nitrogens is 1. The van der Waals surface area contributed by atoms with Crippen molar-refractivity contribution in [1.82, 2.24) is 15.6 Å². The van der Waals surface area contributed by atoms with E-state index in [1.807, 2.05) is 32.2 Å². The topological polar surface area (TPSA) is 71.1 Å². The molecule has 0 saturated heterocycles. The molecule has 0 saturated carbocycles. The number of thiazole rings is 1. The number of aryl methyl sites for hydroxylation is 3. The fraction of sp³-hybridized carbons (Fsp3) is 0.312. The summed E-state index contributed by atoms with van der Waals surface area (Å²) in [7, 11) is 0. The number of rotatable bonds is 5. The van der Waals surface area contributed by atoms with E-state index in [1.165, 1.54) is 11.3 Å². The Bertz CT molecular complexity index is 674. The first kappa shape index (κ1) is 16.2. The lowest BCUT2D eigenvalue weighted by molar-refractivity contribution is -0.120. The summed E-state index contributed by atoms with van der Waals surface area (Å²) in [6, 6.07) is 5.61. The van der Waals surface area contributed by atoms with E-state index < -0.39 is 0 Å². The van der Waals surface area contributed by atoms with Gasteiger partial charge in [0.25, 0.3) is 5.91 Å². The van der Waals surface area contributed by atoms with Crippen molar-refractivity contribution in [3.05, 3.63) is 51.0 Å². The van der Waals surface area contributed by atoms with Crippen molar-refractivity contribution in [3.63, 3.8) is 0 Å². The summed E-state index contributed by atoms with van der Waals surface area (Å²) in [4.78, 5) is 28.0. The molecular formula is C16H19N3O2S. The predicted molar refractivity (Wildman–Crippen MR) is 86.9 cm³/mol. The molecule has 2 rings (SSSR count). The second-order valence-electron chi connectivity index (χ2n) is 5.22. The van der Waals surface area contributed by atoms with Crippen molar-refractivity contribution in [1.29, 1.82) is 0 Å². The highest BCUT2D eigenvalue weighted by Crippen LogP contribution is 2.09. The molecule has 0 bridgehead atoms. The normalized spacial score (nSPS) is 10.3. The van der Waals surface area contributed by atoms with Crippen LogP contribution in [0.25, 0.3) is 0 Å². The molecule has 2 aromatic rings. The second-order valence-corrected chi connectivity index (χ2v) is 6.16. The Labute approximate surface area is 133 Å². The van der Waals surface area contributed by atoms with Crippen molar-refractivity contribution in [2.24, 2.45) is 0 Å². The van der Waals surface area contributed by atoms with Crippen molar-refractivity contribution in [2.45, 2.75) is 27.3 Å². The van der Waals surface area contributed by atoms with Crippen LogP contribution in [0.3, 0.4) is 0 Å². The summed E-state index contributed by atoms with van der Waals surface area (Å²) < 4.78 is 0. The van der Waals surface area contributed by atoms with E-state index in [0.717, 1.165) is 21.8 Å². The molecule has 1 aromatic heterocycles. The molecule has 1 aromatic carbocycles. The molecule has 0 spiro atoms. The van der Waals surface area contributed by atoms with Crippen LogP contribution < -0.4 is 10.6 Å². The third-order valence-electron chi connectivity index (χ3n) is 3.00. The van der Waals surface area contributed by atoms with Gasteiger partial charge in [-0.1, -0.05) is 17.2 Å². The monoisotopic (exact) mass is 317 g/mol. The zero-order valence-corrected chi connectivity index (χ0v) is 13.7. The van der Waals surface area contributed by atoms with Gasteiger partial charge in [0.15, 0.2) is 0 Å². The largest absolute Gasteiger partial charge is 0.348 e. The summed E-state index contributed by atoms with van der Waals surface area (Å²) in [5.74, 6) is -0.474. The first-order valence-corrected chi connectivity index (χ1v) is 7.86. The van der Waals surface area contributed by atoms with Gasteiger partial charge in [-0.15, -0.1) is 11.3 Å². The Morgan fingerprint density at radius 1 is 1.09 bits per heavy atom. The quantitative estimate of drug-likeness (QED) is 0.887. The van der Waals surface area contributed by atoms with E-state index in [4.69, 9.17) is 0 Å². The van der Waals surface area contributed by atoms with E-state index in [0.29, 0.717) is 12.1 Å². The van der Waals surface area contributed by atoms with E-state index in [-0.39, 0.29) is 18.4 Å². The third kappa shape index (κ3) is 4.66. The number of hydrogen-bond donors (Lipinski definition) is 2. The molecule has 2 amide bonds. The van der Waals surface area contributed by atoms with Gasteiger partial charge >= 0.3 is 0 Å². The highest BCUT2D eigenvalue weighted by molar-refractivity contribution is 7.09. The average molecular weight is 317 g/mol. The number of carbonyl (C=O) groups is 2.